The molecule has 0 aliphatic heterocycles. The monoisotopic (exact) mass is 547 g/mol. The number of hydrogen-bond acceptors (Lipinski definition) is 4. The quantitative estimate of drug-likeness (QED) is 0.234. The van der Waals surface area contributed by atoms with E-state index >= 15 is 0 Å². The summed E-state index contributed by atoms with van der Waals surface area (Å²) in [5.74, 6) is 0. The van der Waals surface area contributed by atoms with Crippen molar-refractivity contribution >= 4 is 20.0 Å². The van der Waals surface area contributed by atoms with Gasteiger partial charge in [0.05, 0.1) is 6.54 Å². The Kier molecular flexibility index (Phi) is 11.4. The van der Waals surface area contributed by atoms with E-state index in [1.54, 1.807) is 0 Å². The van der Waals surface area contributed by atoms with Crippen LogP contribution in [0.5, 0.6) is 0 Å². The minimum atomic E-state index is -6.72. The molecule has 0 amide bonds. The molecule has 32 heavy (non-hydrogen) atoms. The summed E-state index contributed by atoms with van der Waals surface area (Å²) in [6.45, 7) is 0.955. The van der Waals surface area contributed by atoms with Crippen LogP contribution in [-0.2, 0) is 43.7 Å². The first-order chi connectivity index (χ1) is 14.2. The molecule has 7 nitrogen and oxygen atoms in total. The van der Waals surface area contributed by atoms with Crippen LogP contribution in [0.25, 0.3) is 4.13 Å². The van der Waals surface area contributed by atoms with Gasteiger partial charge in [-0.3, -0.25) is 4.98 Å². The van der Waals surface area contributed by atoms with Gasteiger partial charge in [0.2, 0.25) is 6.33 Å². The third-order valence-corrected chi connectivity index (χ3v) is 5.78. The van der Waals surface area contributed by atoms with E-state index in [2.05, 4.69) is 33.8 Å². The van der Waals surface area contributed by atoms with Crippen LogP contribution < -0.4 is 4.57 Å². The number of nitrogens with one attached hydrogen (secondary N) is 1. The number of alkyl halides is 6. The Hall–Kier alpha value is -2.13. The van der Waals surface area contributed by atoms with Crippen LogP contribution in [0.4, 0.5) is 26.3 Å². The predicted molar refractivity (Wildman–Crippen MR) is 97.5 cm³/mol. The van der Waals surface area contributed by atoms with Gasteiger partial charge in [0.15, 0.2) is 20.0 Å². The second kappa shape index (κ2) is 12.2. The molecule has 3 rings (SSSR count). The van der Waals surface area contributed by atoms with Crippen LogP contribution in [0.2, 0.25) is 0 Å². The molecule has 0 radical (unpaired) electrons. The molecular formula is C16H15F6FeN3O4S2. The number of sulfonamides is 2. The van der Waals surface area contributed by atoms with Crippen molar-refractivity contribution in [3.63, 3.8) is 0 Å². The normalized spacial score (nSPS) is 11.9. The first kappa shape index (κ1) is 29.9. The van der Waals surface area contributed by atoms with Crippen molar-refractivity contribution in [1.82, 2.24) is 4.98 Å². The molecular weight excluding hydrogens is 532 g/mol. The fourth-order valence-electron chi connectivity index (χ4n) is 1.68. The average Bonchev–Trinajstić information content (AvgIpc) is 3.39. The maximum atomic E-state index is 11.4. The summed E-state index contributed by atoms with van der Waals surface area (Å²) in [5.41, 5.74) is -11.1. The number of imidazole rings is 1. The van der Waals surface area contributed by atoms with Crippen molar-refractivity contribution in [1.29, 1.82) is 0 Å². The largest absolute Gasteiger partial charge is 2.00 e. The summed E-state index contributed by atoms with van der Waals surface area (Å²) in [6, 6.07) is 18.4. The molecule has 0 bridgehead atoms. The second-order valence-electron chi connectivity index (χ2n) is 5.46. The number of nitrogens with zero attached hydrogens (tertiary/aromatic N) is 2. The number of aromatic nitrogens is 2. The van der Waals surface area contributed by atoms with E-state index in [-0.39, 0.29) is 17.1 Å². The topological polar surface area (TPSA) is 102 Å². The van der Waals surface area contributed by atoms with Gasteiger partial charge in [-0.05, 0) is 0 Å². The Labute approximate surface area is 190 Å². The second-order valence-corrected chi connectivity index (χ2v) is 8.88. The minimum Gasteiger partial charge on any atom is -0.421 e. The molecule has 0 saturated carbocycles. The molecule has 0 saturated heterocycles. The van der Waals surface area contributed by atoms with E-state index in [0.717, 1.165) is 10.7 Å². The molecule has 0 spiro atoms. The molecule has 2 aromatic carbocycles. The van der Waals surface area contributed by atoms with Crippen molar-refractivity contribution < 1.29 is 64.8 Å². The summed E-state index contributed by atoms with van der Waals surface area (Å²) in [4.78, 5) is 3.01. The zero-order chi connectivity index (χ0) is 23.8. The van der Waals surface area contributed by atoms with Crippen LogP contribution in [0.1, 0.15) is 5.56 Å². The van der Waals surface area contributed by atoms with Crippen LogP contribution in [0, 0.1) is 0 Å². The van der Waals surface area contributed by atoms with Gasteiger partial charge in [-0.2, -0.15) is 68.3 Å². The molecule has 3 aromatic rings. The van der Waals surface area contributed by atoms with Gasteiger partial charge < -0.3 is 4.13 Å². The first-order valence-corrected chi connectivity index (χ1v) is 10.8. The zero-order valence-corrected chi connectivity index (χ0v) is 18.3. The fraction of sp³-hybridized carbons (Fsp3) is 0.188. The number of hydrogen-bond donors (Lipinski definition) is 1. The maximum Gasteiger partial charge on any atom is 2.00 e. The van der Waals surface area contributed by atoms with Gasteiger partial charge >= 0.3 is 28.1 Å². The van der Waals surface area contributed by atoms with Crippen LogP contribution in [0.3, 0.4) is 0 Å². The summed E-state index contributed by atoms with van der Waals surface area (Å²) < 4.78 is 111. The molecule has 0 fully saturated rings. The zero-order valence-electron chi connectivity index (χ0n) is 15.6. The predicted octanol–water partition coefficient (Wildman–Crippen LogP) is 3.53. The Morgan fingerprint density at radius 2 is 1.44 bits per heavy atom. The summed E-state index contributed by atoms with van der Waals surface area (Å²) in [6.07, 6.45) is 5.89. The number of rotatable bonds is 4. The molecule has 16 heteroatoms. The number of aromatic amines is 1. The molecule has 1 aromatic heterocycles. The molecule has 0 unspecified atom stereocenters. The van der Waals surface area contributed by atoms with Gasteiger partial charge in [0, 0.05) is 0 Å². The van der Waals surface area contributed by atoms with Crippen molar-refractivity contribution in [3.05, 3.63) is 83.0 Å². The number of H-pyrrole nitrogens is 1. The SMILES string of the molecule is O=S(=O)([N-]S(=O)(=O)C(F)(F)F)C(F)(F)F.[Fe+2].c1cc(C[n+]2cc[nH]c2)c[cH-]1.c1cc[cH-]c1. The van der Waals surface area contributed by atoms with Crippen molar-refractivity contribution in [3.8, 4) is 0 Å². The Morgan fingerprint density at radius 3 is 1.75 bits per heavy atom. The fourth-order valence-corrected chi connectivity index (χ4v) is 3.39. The molecule has 180 valence electrons. The van der Waals surface area contributed by atoms with Gasteiger partial charge in [0.25, 0.3) is 0 Å². The van der Waals surface area contributed by atoms with E-state index in [0.29, 0.717) is 0 Å². The third-order valence-electron chi connectivity index (χ3n) is 3.04. The average molecular weight is 547 g/mol. The van der Waals surface area contributed by atoms with Gasteiger partial charge in [-0.1, -0.05) is 0 Å². The van der Waals surface area contributed by atoms with E-state index < -0.39 is 31.1 Å². The van der Waals surface area contributed by atoms with E-state index in [1.165, 1.54) is 5.56 Å². The number of halogens is 6. The van der Waals surface area contributed by atoms with E-state index in [1.807, 2.05) is 49.1 Å². The summed E-state index contributed by atoms with van der Waals surface area (Å²) in [7, 11) is -13.4. The molecule has 0 aliphatic carbocycles. The van der Waals surface area contributed by atoms with Crippen molar-refractivity contribution in [2.75, 3.05) is 0 Å². The molecule has 0 atom stereocenters. The molecule has 0 aliphatic rings. The summed E-state index contributed by atoms with van der Waals surface area (Å²) >= 11 is 0. The smallest absolute Gasteiger partial charge is 0.421 e. The van der Waals surface area contributed by atoms with Crippen molar-refractivity contribution in [2.24, 2.45) is 0 Å². The molecule has 1 heterocycles. The van der Waals surface area contributed by atoms with Gasteiger partial charge in [0.1, 0.15) is 12.4 Å². The Morgan fingerprint density at radius 1 is 0.906 bits per heavy atom. The van der Waals surface area contributed by atoms with Crippen LogP contribution >= 0.6 is 0 Å². The summed E-state index contributed by atoms with van der Waals surface area (Å²) in [5, 5.41) is 0. The molecule has 1 N–H and O–H groups in total. The standard InChI is InChI=1S/C9H9N2.C5H5.C2F6NO4S2.Fe/c1-2-4-9(3-1)7-11-6-5-10-8-11;1-2-4-5-3-1;3-1(4,5)14(10,11)9-15(12,13)2(6,7)8;/h1-6,8H,7H2;1-5H;;/q3*-1;+2/p+1. The maximum absolute atomic E-state index is 11.4. The van der Waals surface area contributed by atoms with E-state index in [4.69, 9.17) is 0 Å². The third kappa shape index (κ3) is 9.99. The first-order valence-electron chi connectivity index (χ1n) is 7.91. The van der Waals surface area contributed by atoms with Gasteiger partial charge in [-0.15, -0.1) is 0 Å². The van der Waals surface area contributed by atoms with Crippen molar-refractivity contribution in [2.45, 2.75) is 17.6 Å². The Bertz CT molecular complexity index is 987. The Balaban J connectivity index is 0.000000490. The van der Waals surface area contributed by atoms with Crippen LogP contribution in [-0.4, -0.2) is 32.8 Å². The minimum absolute atomic E-state index is 0. The van der Waals surface area contributed by atoms with Crippen LogP contribution in [0.15, 0.2) is 73.3 Å². The van der Waals surface area contributed by atoms with Gasteiger partial charge in [-0.25, -0.2) is 39.6 Å². The van der Waals surface area contributed by atoms with E-state index in [9.17, 15) is 43.2 Å².